The van der Waals surface area contributed by atoms with Crippen LogP contribution in [-0.2, 0) is 5.75 Å². The third kappa shape index (κ3) is 2.84. The van der Waals surface area contributed by atoms with E-state index in [1.54, 1.807) is 18.0 Å². The molecule has 0 bridgehead atoms. The first kappa shape index (κ1) is 10.7. The highest BCUT2D eigenvalue weighted by atomic mass is 35.5. The van der Waals surface area contributed by atoms with Crippen LogP contribution in [-0.4, -0.2) is 9.97 Å². The van der Waals surface area contributed by atoms with Crippen molar-refractivity contribution in [1.29, 1.82) is 0 Å². The first-order valence-corrected chi connectivity index (χ1v) is 6.43. The van der Waals surface area contributed by atoms with Crippen LogP contribution >= 0.6 is 34.7 Å². The predicted molar refractivity (Wildman–Crippen MR) is 65.3 cm³/mol. The van der Waals surface area contributed by atoms with E-state index in [2.05, 4.69) is 9.97 Å². The van der Waals surface area contributed by atoms with Gasteiger partial charge in [-0.15, -0.1) is 11.3 Å². The molecule has 2 aromatic rings. The number of anilines is 1. The molecule has 15 heavy (non-hydrogen) atoms. The number of aromatic nitrogens is 2. The Morgan fingerprint density at radius 1 is 1.53 bits per heavy atom. The molecule has 0 spiro atoms. The lowest BCUT2D eigenvalue weighted by molar-refractivity contribution is 1.13. The average molecular weight is 258 g/mol. The summed E-state index contributed by atoms with van der Waals surface area (Å²) in [5.74, 6) is 0.741. The molecule has 2 heterocycles. The van der Waals surface area contributed by atoms with Gasteiger partial charge in [0.05, 0.1) is 10.7 Å². The van der Waals surface area contributed by atoms with Crippen molar-refractivity contribution < 1.29 is 0 Å². The lowest BCUT2D eigenvalue weighted by Gasteiger charge is -1.99. The number of rotatable bonds is 3. The normalized spacial score (nSPS) is 10.5. The second-order valence-electron chi connectivity index (χ2n) is 2.76. The molecule has 0 saturated carbocycles. The van der Waals surface area contributed by atoms with Crippen molar-refractivity contribution in [3.05, 3.63) is 34.4 Å². The van der Waals surface area contributed by atoms with Crippen molar-refractivity contribution >= 4 is 39.8 Å². The van der Waals surface area contributed by atoms with Gasteiger partial charge in [-0.25, -0.2) is 9.97 Å². The molecule has 0 radical (unpaired) electrons. The van der Waals surface area contributed by atoms with Crippen LogP contribution in [0.4, 0.5) is 5.13 Å². The van der Waals surface area contributed by atoms with Gasteiger partial charge in [-0.05, 0) is 12.1 Å². The first-order valence-electron chi connectivity index (χ1n) is 4.19. The number of hydrogen-bond acceptors (Lipinski definition) is 5. The molecule has 0 aromatic carbocycles. The highest BCUT2D eigenvalue weighted by Gasteiger charge is 2.04. The molecule has 78 valence electrons. The van der Waals surface area contributed by atoms with Crippen molar-refractivity contribution in [3.8, 4) is 0 Å². The van der Waals surface area contributed by atoms with Crippen LogP contribution in [0.15, 0.2) is 28.7 Å². The molecular formula is C9H8ClN3S2. The third-order valence-electron chi connectivity index (χ3n) is 1.65. The molecule has 0 saturated heterocycles. The van der Waals surface area contributed by atoms with Crippen LogP contribution in [0.2, 0.25) is 5.02 Å². The van der Waals surface area contributed by atoms with E-state index < -0.39 is 0 Å². The largest absolute Gasteiger partial charge is 0.375 e. The van der Waals surface area contributed by atoms with Gasteiger partial charge in [-0.1, -0.05) is 23.4 Å². The van der Waals surface area contributed by atoms with E-state index in [1.165, 1.54) is 11.3 Å². The molecule has 0 aliphatic heterocycles. The molecule has 6 heteroatoms. The van der Waals surface area contributed by atoms with Gasteiger partial charge < -0.3 is 5.73 Å². The highest BCUT2D eigenvalue weighted by Crippen LogP contribution is 2.27. The van der Waals surface area contributed by atoms with E-state index in [4.69, 9.17) is 17.3 Å². The summed E-state index contributed by atoms with van der Waals surface area (Å²) < 4.78 is 0. The second kappa shape index (κ2) is 4.83. The number of nitrogens with two attached hydrogens (primary N) is 1. The Morgan fingerprint density at radius 2 is 2.40 bits per heavy atom. The Kier molecular flexibility index (Phi) is 3.45. The number of thiazole rings is 1. The lowest BCUT2D eigenvalue weighted by Crippen LogP contribution is -1.86. The topological polar surface area (TPSA) is 51.8 Å². The van der Waals surface area contributed by atoms with Crippen molar-refractivity contribution in [2.24, 2.45) is 0 Å². The zero-order valence-corrected chi connectivity index (χ0v) is 10.1. The molecule has 3 nitrogen and oxygen atoms in total. The Morgan fingerprint density at radius 3 is 3.07 bits per heavy atom. The van der Waals surface area contributed by atoms with E-state index in [0.29, 0.717) is 10.2 Å². The maximum absolute atomic E-state index is 5.97. The Balaban J connectivity index is 2.02. The quantitative estimate of drug-likeness (QED) is 0.859. The third-order valence-corrected chi connectivity index (χ3v) is 3.83. The van der Waals surface area contributed by atoms with E-state index in [0.717, 1.165) is 16.5 Å². The molecule has 0 aliphatic carbocycles. The van der Waals surface area contributed by atoms with Crippen LogP contribution in [0.1, 0.15) is 5.69 Å². The van der Waals surface area contributed by atoms with E-state index >= 15 is 0 Å². The molecule has 0 fully saturated rings. The van der Waals surface area contributed by atoms with Gasteiger partial charge in [0.2, 0.25) is 0 Å². The van der Waals surface area contributed by atoms with E-state index in [9.17, 15) is 0 Å². The number of nitrogen functional groups attached to an aromatic ring is 1. The van der Waals surface area contributed by atoms with Crippen LogP contribution < -0.4 is 5.73 Å². The van der Waals surface area contributed by atoms with Gasteiger partial charge in [-0.3, -0.25) is 0 Å². The Hall–Kier alpha value is -0.780. The smallest absolute Gasteiger partial charge is 0.180 e. The van der Waals surface area contributed by atoms with Gasteiger partial charge >= 0.3 is 0 Å². The first-order chi connectivity index (χ1) is 7.25. The zero-order chi connectivity index (χ0) is 10.7. The minimum atomic E-state index is 0.595. The summed E-state index contributed by atoms with van der Waals surface area (Å²) in [5, 5.41) is 4.04. The summed E-state index contributed by atoms with van der Waals surface area (Å²) in [4.78, 5) is 8.34. The number of pyridine rings is 1. The average Bonchev–Trinajstić information content (AvgIpc) is 2.63. The maximum Gasteiger partial charge on any atom is 0.180 e. The summed E-state index contributed by atoms with van der Waals surface area (Å²) in [5.41, 5.74) is 6.50. The van der Waals surface area contributed by atoms with Crippen molar-refractivity contribution in [3.63, 3.8) is 0 Å². The fraction of sp³-hybridized carbons (Fsp3) is 0.111. The summed E-state index contributed by atoms with van der Waals surface area (Å²) in [6.07, 6.45) is 1.73. The minimum absolute atomic E-state index is 0.595. The van der Waals surface area contributed by atoms with Gasteiger partial charge in [0.1, 0.15) is 5.03 Å². The monoisotopic (exact) mass is 257 g/mol. The molecule has 2 aromatic heterocycles. The molecule has 2 N–H and O–H groups in total. The number of halogens is 1. The maximum atomic E-state index is 5.97. The Labute approximate surface area is 101 Å². The fourth-order valence-corrected chi connectivity index (χ4v) is 2.74. The zero-order valence-electron chi connectivity index (χ0n) is 7.68. The standard InChI is InChI=1S/C9H8ClN3S2/c10-7-2-1-3-12-8(7)14-4-6-5-15-9(11)13-6/h1-3,5H,4H2,(H2,11,13). The molecule has 0 aliphatic rings. The minimum Gasteiger partial charge on any atom is -0.375 e. The summed E-state index contributed by atoms with van der Waals surface area (Å²) in [6, 6.07) is 3.64. The summed E-state index contributed by atoms with van der Waals surface area (Å²) in [6.45, 7) is 0. The van der Waals surface area contributed by atoms with Crippen LogP contribution in [0.25, 0.3) is 0 Å². The molecule has 0 amide bonds. The van der Waals surface area contributed by atoms with Crippen molar-refractivity contribution in [1.82, 2.24) is 9.97 Å². The van der Waals surface area contributed by atoms with Crippen molar-refractivity contribution in [2.45, 2.75) is 10.8 Å². The van der Waals surface area contributed by atoms with Crippen LogP contribution in [0, 0.1) is 0 Å². The molecular weight excluding hydrogens is 250 g/mol. The SMILES string of the molecule is Nc1nc(CSc2ncccc2Cl)cs1. The molecule has 0 unspecified atom stereocenters. The summed E-state index contributed by atoms with van der Waals surface area (Å²) in [7, 11) is 0. The molecule has 2 rings (SSSR count). The number of hydrogen-bond donors (Lipinski definition) is 1. The summed E-state index contributed by atoms with van der Waals surface area (Å²) >= 11 is 8.97. The van der Waals surface area contributed by atoms with Gasteiger partial charge in [0.15, 0.2) is 5.13 Å². The predicted octanol–water partition coefficient (Wildman–Crippen LogP) is 3.07. The van der Waals surface area contributed by atoms with Gasteiger partial charge in [0, 0.05) is 17.3 Å². The van der Waals surface area contributed by atoms with Crippen LogP contribution in [0.3, 0.4) is 0 Å². The fourth-order valence-electron chi connectivity index (χ4n) is 1.01. The number of nitrogens with zero attached hydrogens (tertiary/aromatic N) is 2. The lowest BCUT2D eigenvalue weighted by atomic mass is 10.5. The Bertz CT molecular complexity index is 458. The highest BCUT2D eigenvalue weighted by molar-refractivity contribution is 7.98. The second-order valence-corrected chi connectivity index (χ2v) is 5.02. The van der Waals surface area contributed by atoms with Gasteiger partial charge in [0.25, 0.3) is 0 Å². The molecule has 0 atom stereocenters. The number of thioether (sulfide) groups is 1. The van der Waals surface area contributed by atoms with E-state index in [-0.39, 0.29) is 0 Å². The van der Waals surface area contributed by atoms with E-state index in [1.807, 2.05) is 17.5 Å². The van der Waals surface area contributed by atoms with Crippen molar-refractivity contribution in [2.75, 3.05) is 5.73 Å². The van der Waals surface area contributed by atoms with Gasteiger partial charge in [-0.2, -0.15) is 0 Å². The van der Waals surface area contributed by atoms with Crippen LogP contribution in [0.5, 0.6) is 0 Å².